The Kier molecular flexibility index (Phi) is 2.71. The van der Waals surface area contributed by atoms with E-state index in [9.17, 15) is 0 Å². The van der Waals surface area contributed by atoms with E-state index < -0.39 is 0 Å². The monoisotopic (exact) mass is 237 g/mol. The molecule has 0 aromatic heterocycles. The topological polar surface area (TPSA) is 26.0 Å². The lowest BCUT2D eigenvalue weighted by atomic mass is 9.93. The number of nitrogens with two attached hydrogens (primary N) is 1. The van der Waals surface area contributed by atoms with Crippen LogP contribution in [-0.4, -0.2) is 0 Å². The van der Waals surface area contributed by atoms with Gasteiger partial charge < -0.3 is 5.73 Å². The number of benzene rings is 2. The molecule has 0 saturated heterocycles. The SMILES string of the molecule is CCc1ccc(C2(N)CC2)cc1-c1ccccc1. The fourth-order valence-corrected chi connectivity index (χ4v) is 2.50. The van der Waals surface area contributed by atoms with Crippen LogP contribution in [-0.2, 0) is 12.0 Å². The van der Waals surface area contributed by atoms with Crippen molar-refractivity contribution in [2.45, 2.75) is 31.7 Å². The van der Waals surface area contributed by atoms with E-state index in [4.69, 9.17) is 5.73 Å². The summed E-state index contributed by atoms with van der Waals surface area (Å²) >= 11 is 0. The van der Waals surface area contributed by atoms with Gasteiger partial charge in [0.05, 0.1) is 0 Å². The number of rotatable bonds is 3. The lowest BCUT2D eigenvalue weighted by Gasteiger charge is -2.14. The van der Waals surface area contributed by atoms with Crippen molar-refractivity contribution >= 4 is 0 Å². The molecule has 2 aromatic rings. The van der Waals surface area contributed by atoms with Crippen molar-refractivity contribution in [2.75, 3.05) is 0 Å². The van der Waals surface area contributed by atoms with Gasteiger partial charge in [-0.25, -0.2) is 0 Å². The Bertz CT molecular complexity index is 553. The largest absolute Gasteiger partial charge is 0.321 e. The molecule has 3 rings (SSSR count). The molecule has 0 atom stereocenters. The lowest BCUT2D eigenvalue weighted by molar-refractivity contribution is 0.740. The molecule has 0 amide bonds. The summed E-state index contributed by atoms with van der Waals surface area (Å²) in [4.78, 5) is 0. The van der Waals surface area contributed by atoms with Gasteiger partial charge in [-0.3, -0.25) is 0 Å². The Morgan fingerprint density at radius 1 is 1.06 bits per heavy atom. The van der Waals surface area contributed by atoms with Crippen molar-refractivity contribution in [1.82, 2.24) is 0 Å². The summed E-state index contributed by atoms with van der Waals surface area (Å²) in [6.45, 7) is 2.21. The predicted molar refractivity (Wildman–Crippen MR) is 76.4 cm³/mol. The molecule has 1 saturated carbocycles. The highest BCUT2D eigenvalue weighted by Gasteiger charge is 2.40. The van der Waals surface area contributed by atoms with Gasteiger partial charge in [0.1, 0.15) is 0 Å². The van der Waals surface area contributed by atoms with E-state index in [0.29, 0.717) is 0 Å². The fraction of sp³-hybridized carbons (Fsp3) is 0.294. The Morgan fingerprint density at radius 3 is 2.39 bits per heavy atom. The third-order valence-electron chi connectivity index (χ3n) is 3.94. The van der Waals surface area contributed by atoms with Crippen molar-refractivity contribution in [3.05, 3.63) is 59.7 Å². The van der Waals surface area contributed by atoms with Crippen LogP contribution in [0, 0.1) is 0 Å². The van der Waals surface area contributed by atoms with Crippen molar-refractivity contribution < 1.29 is 0 Å². The lowest BCUT2D eigenvalue weighted by Crippen LogP contribution is -2.18. The molecule has 2 N–H and O–H groups in total. The summed E-state index contributed by atoms with van der Waals surface area (Å²) < 4.78 is 0. The summed E-state index contributed by atoms with van der Waals surface area (Å²) in [7, 11) is 0. The standard InChI is InChI=1S/C17H19N/c1-2-13-8-9-15(17(18)10-11-17)12-16(13)14-6-4-3-5-7-14/h3-9,12H,2,10-11,18H2,1H3. The van der Waals surface area contributed by atoms with Gasteiger partial charge in [-0.15, -0.1) is 0 Å². The molecule has 1 nitrogen and oxygen atoms in total. The maximum atomic E-state index is 6.31. The molecule has 92 valence electrons. The van der Waals surface area contributed by atoms with Gasteiger partial charge >= 0.3 is 0 Å². The molecule has 0 aliphatic heterocycles. The quantitative estimate of drug-likeness (QED) is 0.861. The molecule has 0 bridgehead atoms. The van der Waals surface area contributed by atoms with E-state index in [1.54, 1.807) is 0 Å². The Hall–Kier alpha value is -1.60. The second kappa shape index (κ2) is 4.25. The van der Waals surface area contributed by atoms with Crippen LogP contribution in [0.2, 0.25) is 0 Å². The minimum Gasteiger partial charge on any atom is -0.321 e. The van der Waals surface area contributed by atoms with Gasteiger partial charge in [0.15, 0.2) is 0 Å². The number of aryl methyl sites for hydroxylation is 1. The second-order valence-electron chi connectivity index (χ2n) is 5.25. The van der Waals surface area contributed by atoms with Crippen LogP contribution >= 0.6 is 0 Å². The Balaban J connectivity index is 2.11. The molecule has 1 heteroatoms. The summed E-state index contributed by atoms with van der Waals surface area (Å²) in [5.41, 5.74) is 11.6. The van der Waals surface area contributed by atoms with Gasteiger partial charge in [-0.2, -0.15) is 0 Å². The van der Waals surface area contributed by atoms with Crippen molar-refractivity contribution in [3.8, 4) is 11.1 Å². The summed E-state index contributed by atoms with van der Waals surface area (Å²) in [5, 5.41) is 0. The first-order valence-electron chi connectivity index (χ1n) is 6.71. The van der Waals surface area contributed by atoms with Gasteiger partial charge in [0.2, 0.25) is 0 Å². The van der Waals surface area contributed by atoms with Crippen LogP contribution in [0.1, 0.15) is 30.9 Å². The molecular weight excluding hydrogens is 218 g/mol. The third-order valence-corrected chi connectivity index (χ3v) is 3.94. The Morgan fingerprint density at radius 2 is 1.78 bits per heavy atom. The molecule has 0 radical (unpaired) electrons. The maximum Gasteiger partial charge on any atom is 0.0411 e. The summed E-state index contributed by atoms with van der Waals surface area (Å²) in [6, 6.07) is 17.3. The average Bonchev–Trinajstić information content (AvgIpc) is 3.18. The molecule has 0 heterocycles. The van der Waals surface area contributed by atoms with Gasteiger partial charge in [-0.1, -0.05) is 49.4 Å². The normalized spacial score (nSPS) is 16.6. The van der Waals surface area contributed by atoms with E-state index in [2.05, 4.69) is 55.5 Å². The number of hydrogen-bond acceptors (Lipinski definition) is 1. The third kappa shape index (κ3) is 1.95. The molecule has 2 aromatic carbocycles. The van der Waals surface area contributed by atoms with Crippen LogP contribution in [0.5, 0.6) is 0 Å². The first kappa shape index (κ1) is 11.5. The van der Waals surface area contributed by atoms with Crippen LogP contribution in [0.4, 0.5) is 0 Å². The zero-order valence-electron chi connectivity index (χ0n) is 10.8. The first-order valence-corrected chi connectivity index (χ1v) is 6.71. The molecule has 1 aliphatic rings. The van der Waals surface area contributed by atoms with E-state index in [0.717, 1.165) is 19.3 Å². The van der Waals surface area contributed by atoms with Crippen LogP contribution in [0.15, 0.2) is 48.5 Å². The maximum absolute atomic E-state index is 6.31. The van der Waals surface area contributed by atoms with Crippen LogP contribution in [0.3, 0.4) is 0 Å². The van der Waals surface area contributed by atoms with E-state index in [-0.39, 0.29) is 5.54 Å². The highest BCUT2D eigenvalue weighted by molar-refractivity contribution is 5.68. The van der Waals surface area contributed by atoms with Gasteiger partial charge in [0, 0.05) is 5.54 Å². The highest BCUT2D eigenvalue weighted by Crippen LogP contribution is 2.44. The van der Waals surface area contributed by atoms with Crippen molar-refractivity contribution in [2.24, 2.45) is 5.73 Å². The molecular formula is C17H19N. The molecule has 18 heavy (non-hydrogen) atoms. The highest BCUT2D eigenvalue weighted by atomic mass is 14.8. The fourth-order valence-electron chi connectivity index (χ4n) is 2.50. The van der Waals surface area contributed by atoms with Crippen LogP contribution in [0.25, 0.3) is 11.1 Å². The molecule has 1 fully saturated rings. The van der Waals surface area contributed by atoms with E-state index in [1.165, 1.54) is 22.3 Å². The predicted octanol–water partition coefficient (Wildman–Crippen LogP) is 3.86. The minimum absolute atomic E-state index is 0.0458. The van der Waals surface area contributed by atoms with Crippen LogP contribution < -0.4 is 5.73 Å². The summed E-state index contributed by atoms with van der Waals surface area (Å²) in [6.07, 6.45) is 3.29. The molecule has 1 aliphatic carbocycles. The first-order chi connectivity index (χ1) is 8.73. The van der Waals surface area contributed by atoms with Gasteiger partial charge in [-0.05, 0) is 47.6 Å². The summed E-state index contributed by atoms with van der Waals surface area (Å²) in [5.74, 6) is 0. The zero-order chi connectivity index (χ0) is 12.6. The average molecular weight is 237 g/mol. The minimum atomic E-state index is -0.0458. The number of hydrogen-bond donors (Lipinski definition) is 1. The van der Waals surface area contributed by atoms with Gasteiger partial charge in [0.25, 0.3) is 0 Å². The second-order valence-corrected chi connectivity index (χ2v) is 5.25. The smallest absolute Gasteiger partial charge is 0.0411 e. The van der Waals surface area contributed by atoms with Crippen molar-refractivity contribution in [3.63, 3.8) is 0 Å². The zero-order valence-corrected chi connectivity index (χ0v) is 10.8. The van der Waals surface area contributed by atoms with E-state index in [1.807, 2.05) is 0 Å². The Labute approximate surface area is 109 Å². The molecule has 0 spiro atoms. The van der Waals surface area contributed by atoms with Crippen molar-refractivity contribution in [1.29, 1.82) is 0 Å². The molecule has 0 unspecified atom stereocenters. The van der Waals surface area contributed by atoms with E-state index >= 15 is 0 Å².